The van der Waals surface area contributed by atoms with Gasteiger partial charge in [-0.3, -0.25) is 14.5 Å². The van der Waals surface area contributed by atoms with Crippen LogP contribution < -0.4 is 10.2 Å². The number of hydrogen-bond acceptors (Lipinski definition) is 2. The van der Waals surface area contributed by atoms with Crippen LogP contribution in [0, 0.1) is 0 Å². The van der Waals surface area contributed by atoms with Gasteiger partial charge in [0, 0.05) is 22.1 Å². The van der Waals surface area contributed by atoms with Crippen LogP contribution in [0.3, 0.4) is 0 Å². The third-order valence-corrected chi connectivity index (χ3v) is 3.78. The van der Waals surface area contributed by atoms with Crippen molar-refractivity contribution in [1.29, 1.82) is 0 Å². The number of para-hydroxylation sites is 2. The average molecular weight is 351 g/mol. The summed E-state index contributed by atoms with van der Waals surface area (Å²) in [7, 11) is 0. The van der Waals surface area contributed by atoms with Crippen molar-refractivity contribution in [3.05, 3.63) is 90.0 Å². The van der Waals surface area contributed by atoms with Gasteiger partial charge in [-0.15, -0.1) is 0 Å². The normalized spacial score (nSPS) is 10.1. The lowest BCUT2D eigenvalue weighted by atomic mass is 10.2. The van der Waals surface area contributed by atoms with Gasteiger partial charge in [0.15, 0.2) is 0 Å². The quantitative estimate of drug-likeness (QED) is 0.699. The highest BCUT2D eigenvalue weighted by atomic mass is 35.5. The zero-order valence-electron chi connectivity index (χ0n) is 13.2. The molecule has 124 valence electrons. The number of carbonyl (C=O) groups is 2. The SMILES string of the molecule is O=C(Nc1ccc(Cl)cc1)C(=O)N(c1ccccc1)c1ccccc1. The molecule has 0 spiro atoms. The molecule has 1 N–H and O–H groups in total. The Bertz CT molecular complexity index is 826. The number of carbonyl (C=O) groups excluding carboxylic acids is 2. The number of anilines is 3. The molecular weight excluding hydrogens is 336 g/mol. The molecule has 0 saturated carbocycles. The Morgan fingerprint density at radius 3 is 1.68 bits per heavy atom. The molecule has 0 aliphatic heterocycles. The Kier molecular flexibility index (Phi) is 5.11. The Labute approximate surface area is 150 Å². The van der Waals surface area contributed by atoms with Gasteiger partial charge < -0.3 is 5.32 Å². The van der Waals surface area contributed by atoms with Crippen molar-refractivity contribution in [2.75, 3.05) is 10.2 Å². The van der Waals surface area contributed by atoms with Gasteiger partial charge in [-0.05, 0) is 48.5 Å². The first-order chi connectivity index (χ1) is 12.1. The molecule has 5 heteroatoms. The van der Waals surface area contributed by atoms with E-state index in [0.717, 1.165) is 0 Å². The number of nitrogens with zero attached hydrogens (tertiary/aromatic N) is 1. The van der Waals surface area contributed by atoms with Crippen LogP contribution in [0.5, 0.6) is 0 Å². The van der Waals surface area contributed by atoms with Crippen LogP contribution in [-0.4, -0.2) is 11.8 Å². The van der Waals surface area contributed by atoms with E-state index in [-0.39, 0.29) is 0 Å². The van der Waals surface area contributed by atoms with Crippen LogP contribution >= 0.6 is 11.6 Å². The maximum Gasteiger partial charge on any atom is 0.321 e. The third kappa shape index (κ3) is 4.05. The number of benzene rings is 3. The summed E-state index contributed by atoms with van der Waals surface area (Å²) in [6.07, 6.45) is 0. The molecule has 0 fully saturated rings. The van der Waals surface area contributed by atoms with Gasteiger partial charge in [0.25, 0.3) is 0 Å². The molecule has 0 aliphatic rings. The van der Waals surface area contributed by atoms with E-state index in [1.54, 1.807) is 48.5 Å². The molecule has 0 aliphatic carbocycles. The van der Waals surface area contributed by atoms with E-state index in [9.17, 15) is 9.59 Å². The molecule has 3 aromatic rings. The first kappa shape index (κ1) is 16.7. The number of hydrogen-bond donors (Lipinski definition) is 1. The molecule has 25 heavy (non-hydrogen) atoms. The van der Waals surface area contributed by atoms with Gasteiger partial charge in [-0.2, -0.15) is 0 Å². The van der Waals surface area contributed by atoms with Crippen LogP contribution in [0.1, 0.15) is 0 Å². The molecule has 0 saturated heterocycles. The van der Waals surface area contributed by atoms with Gasteiger partial charge in [0.1, 0.15) is 0 Å². The minimum atomic E-state index is -0.727. The number of halogens is 1. The summed E-state index contributed by atoms with van der Waals surface area (Å²) in [6, 6.07) is 24.7. The monoisotopic (exact) mass is 350 g/mol. The number of nitrogens with one attached hydrogen (secondary N) is 1. The lowest BCUT2D eigenvalue weighted by Gasteiger charge is -2.22. The first-order valence-electron chi connectivity index (χ1n) is 7.66. The van der Waals surface area contributed by atoms with Gasteiger partial charge in [0.05, 0.1) is 0 Å². The largest absolute Gasteiger partial charge is 0.321 e. The molecule has 0 unspecified atom stereocenters. The smallest absolute Gasteiger partial charge is 0.318 e. The van der Waals surface area contributed by atoms with Gasteiger partial charge in [0.2, 0.25) is 0 Å². The molecule has 0 heterocycles. The Morgan fingerprint density at radius 1 is 0.720 bits per heavy atom. The summed E-state index contributed by atoms with van der Waals surface area (Å²) in [5, 5.41) is 3.16. The topological polar surface area (TPSA) is 49.4 Å². The van der Waals surface area contributed by atoms with E-state index in [1.807, 2.05) is 36.4 Å². The van der Waals surface area contributed by atoms with Crippen LogP contribution in [-0.2, 0) is 9.59 Å². The minimum absolute atomic E-state index is 0.504. The minimum Gasteiger partial charge on any atom is -0.318 e. The van der Waals surface area contributed by atoms with Gasteiger partial charge in [-0.1, -0.05) is 48.0 Å². The van der Waals surface area contributed by atoms with E-state index in [0.29, 0.717) is 22.1 Å². The van der Waals surface area contributed by atoms with E-state index < -0.39 is 11.8 Å². The summed E-state index contributed by atoms with van der Waals surface area (Å²) in [4.78, 5) is 26.6. The third-order valence-electron chi connectivity index (χ3n) is 3.53. The second-order valence-electron chi connectivity index (χ2n) is 5.27. The molecule has 3 rings (SSSR count). The number of rotatable bonds is 3. The van der Waals surface area contributed by atoms with Crippen molar-refractivity contribution >= 4 is 40.5 Å². The van der Waals surface area contributed by atoms with Crippen LogP contribution in [0.25, 0.3) is 0 Å². The predicted octanol–water partition coefficient (Wildman–Crippen LogP) is 4.64. The summed E-state index contributed by atoms with van der Waals surface area (Å²) in [6.45, 7) is 0. The zero-order chi connectivity index (χ0) is 17.6. The average Bonchev–Trinajstić information content (AvgIpc) is 2.65. The fraction of sp³-hybridized carbons (Fsp3) is 0. The fourth-order valence-corrected chi connectivity index (χ4v) is 2.48. The summed E-state index contributed by atoms with van der Waals surface area (Å²) < 4.78 is 0. The lowest BCUT2D eigenvalue weighted by molar-refractivity contribution is -0.134. The molecular formula is C20H15ClN2O2. The van der Waals surface area contributed by atoms with Crippen molar-refractivity contribution in [3.63, 3.8) is 0 Å². The second-order valence-corrected chi connectivity index (χ2v) is 5.71. The van der Waals surface area contributed by atoms with E-state index in [4.69, 9.17) is 11.6 Å². The highest BCUT2D eigenvalue weighted by Crippen LogP contribution is 2.25. The molecule has 0 radical (unpaired) electrons. The summed E-state index contributed by atoms with van der Waals surface area (Å²) >= 11 is 5.83. The van der Waals surface area contributed by atoms with Crippen molar-refractivity contribution in [3.8, 4) is 0 Å². The maximum absolute atomic E-state index is 12.8. The first-order valence-corrected chi connectivity index (χ1v) is 8.04. The maximum atomic E-state index is 12.8. The lowest BCUT2D eigenvalue weighted by Crippen LogP contribution is -2.36. The van der Waals surface area contributed by atoms with Crippen molar-refractivity contribution < 1.29 is 9.59 Å². The Hall–Kier alpha value is -3.11. The van der Waals surface area contributed by atoms with Crippen molar-refractivity contribution in [2.45, 2.75) is 0 Å². The van der Waals surface area contributed by atoms with Gasteiger partial charge >= 0.3 is 11.8 Å². The summed E-state index contributed by atoms with van der Waals surface area (Å²) in [5.74, 6) is -1.40. The van der Waals surface area contributed by atoms with E-state index in [2.05, 4.69) is 5.32 Å². The van der Waals surface area contributed by atoms with Crippen molar-refractivity contribution in [2.24, 2.45) is 0 Å². The molecule has 3 aromatic carbocycles. The van der Waals surface area contributed by atoms with Crippen LogP contribution in [0.4, 0.5) is 17.1 Å². The van der Waals surface area contributed by atoms with Crippen molar-refractivity contribution in [1.82, 2.24) is 0 Å². The Balaban J connectivity index is 1.89. The molecule has 2 amide bonds. The zero-order valence-corrected chi connectivity index (χ0v) is 14.0. The van der Waals surface area contributed by atoms with Crippen LogP contribution in [0.2, 0.25) is 5.02 Å². The number of amides is 2. The van der Waals surface area contributed by atoms with E-state index >= 15 is 0 Å². The molecule has 0 bridgehead atoms. The highest BCUT2D eigenvalue weighted by Gasteiger charge is 2.24. The summed E-state index contributed by atoms with van der Waals surface area (Å²) in [5.41, 5.74) is 1.73. The van der Waals surface area contributed by atoms with Gasteiger partial charge in [-0.25, -0.2) is 0 Å². The molecule has 0 atom stereocenters. The molecule has 0 aromatic heterocycles. The second kappa shape index (κ2) is 7.64. The standard InChI is InChI=1S/C20H15ClN2O2/c21-15-11-13-16(14-12-15)22-19(24)20(25)23(17-7-3-1-4-8-17)18-9-5-2-6-10-18/h1-14H,(H,22,24). The predicted molar refractivity (Wildman–Crippen MR) is 100 cm³/mol. The van der Waals surface area contributed by atoms with E-state index in [1.165, 1.54) is 4.90 Å². The molecule has 4 nitrogen and oxygen atoms in total. The Morgan fingerprint density at radius 2 is 1.20 bits per heavy atom. The highest BCUT2D eigenvalue weighted by molar-refractivity contribution is 6.45. The van der Waals surface area contributed by atoms with Crippen LogP contribution in [0.15, 0.2) is 84.9 Å². The fourth-order valence-electron chi connectivity index (χ4n) is 2.36.